The maximum Gasteiger partial charge on any atom is 0.274 e. The minimum atomic E-state index is -4.37. The normalized spacial score (nSPS) is 16.3. The lowest BCUT2D eigenvalue weighted by molar-refractivity contribution is 0.0691. The predicted molar refractivity (Wildman–Crippen MR) is 98.3 cm³/mol. The average Bonchev–Trinajstić information content (AvgIpc) is 3.16. The highest BCUT2D eigenvalue weighted by molar-refractivity contribution is 7.89. The Kier molecular flexibility index (Phi) is 5.48. The van der Waals surface area contributed by atoms with E-state index in [1.165, 1.54) is 4.90 Å². The molecule has 0 aliphatic carbocycles. The Morgan fingerprint density at radius 2 is 1.69 bits per heavy atom. The third-order valence-electron chi connectivity index (χ3n) is 4.75. The van der Waals surface area contributed by atoms with Crippen LogP contribution >= 0.6 is 0 Å². The smallest absolute Gasteiger partial charge is 0.274 e. The number of halogens is 3. The minimum absolute atomic E-state index is 0.0566. The SMILES string of the molecule is CC(C)(C)c1cc(C(=O)N2CCN(S(=O)(=O)c3ccc(F)c(F)c3F)CC2)n[nH]1. The molecule has 11 heteroatoms. The van der Waals surface area contributed by atoms with Gasteiger partial charge in [-0.2, -0.15) is 9.40 Å². The number of carbonyl (C=O) groups excluding carboxylic acids is 1. The zero-order chi connectivity index (χ0) is 21.6. The Morgan fingerprint density at radius 3 is 2.24 bits per heavy atom. The predicted octanol–water partition coefficient (Wildman–Crippen LogP) is 2.27. The molecule has 7 nitrogen and oxygen atoms in total. The molecule has 2 heterocycles. The van der Waals surface area contributed by atoms with E-state index in [0.29, 0.717) is 12.1 Å². The monoisotopic (exact) mass is 430 g/mol. The van der Waals surface area contributed by atoms with Crippen LogP contribution in [0.25, 0.3) is 0 Å². The maximum absolute atomic E-state index is 13.9. The van der Waals surface area contributed by atoms with Crippen LogP contribution in [-0.4, -0.2) is 59.9 Å². The molecule has 2 aromatic rings. The van der Waals surface area contributed by atoms with E-state index in [9.17, 15) is 26.4 Å². The van der Waals surface area contributed by atoms with Crippen molar-refractivity contribution in [1.29, 1.82) is 0 Å². The van der Waals surface area contributed by atoms with E-state index in [2.05, 4.69) is 10.2 Å². The first-order valence-electron chi connectivity index (χ1n) is 8.91. The second kappa shape index (κ2) is 7.45. The molecular formula is C18H21F3N4O3S. The van der Waals surface area contributed by atoms with Gasteiger partial charge in [0, 0.05) is 37.3 Å². The molecule has 1 aromatic heterocycles. The molecular weight excluding hydrogens is 409 g/mol. The van der Waals surface area contributed by atoms with Crippen molar-refractivity contribution >= 4 is 15.9 Å². The topological polar surface area (TPSA) is 86.4 Å². The van der Waals surface area contributed by atoms with Crippen LogP contribution in [0.1, 0.15) is 37.0 Å². The molecule has 0 spiro atoms. The van der Waals surface area contributed by atoms with Crippen molar-refractivity contribution in [3.8, 4) is 0 Å². The van der Waals surface area contributed by atoms with Crippen LogP contribution in [0.5, 0.6) is 0 Å². The van der Waals surface area contributed by atoms with Gasteiger partial charge >= 0.3 is 0 Å². The first-order chi connectivity index (χ1) is 13.4. The van der Waals surface area contributed by atoms with E-state index >= 15 is 0 Å². The number of hydrogen-bond acceptors (Lipinski definition) is 4. The number of aromatic nitrogens is 2. The summed E-state index contributed by atoms with van der Waals surface area (Å²) in [6, 6.07) is 2.91. The Labute approximate surface area is 166 Å². The molecule has 1 fully saturated rings. The number of carbonyl (C=O) groups is 1. The molecule has 1 saturated heterocycles. The third kappa shape index (κ3) is 4.01. The van der Waals surface area contributed by atoms with Crippen LogP contribution in [0.3, 0.4) is 0 Å². The van der Waals surface area contributed by atoms with E-state index in [1.54, 1.807) is 6.07 Å². The van der Waals surface area contributed by atoms with Crippen molar-refractivity contribution in [3.63, 3.8) is 0 Å². The Morgan fingerprint density at radius 1 is 1.07 bits per heavy atom. The average molecular weight is 430 g/mol. The summed E-state index contributed by atoms with van der Waals surface area (Å²) in [7, 11) is -4.37. The van der Waals surface area contributed by atoms with Crippen LogP contribution < -0.4 is 0 Å². The molecule has 0 radical (unpaired) electrons. The number of amides is 1. The highest BCUT2D eigenvalue weighted by Gasteiger charge is 2.34. The zero-order valence-corrected chi connectivity index (χ0v) is 17.0. The zero-order valence-electron chi connectivity index (χ0n) is 16.2. The van der Waals surface area contributed by atoms with E-state index in [1.807, 2.05) is 20.8 Å². The number of hydrogen-bond donors (Lipinski definition) is 1. The maximum atomic E-state index is 13.9. The number of piperazine rings is 1. The molecule has 158 valence electrons. The summed E-state index contributed by atoms with van der Waals surface area (Å²) >= 11 is 0. The lowest BCUT2D eigenvalue weighted by atomic mass is 9.92. The van der Waals surface area contributed by atoms with Gasteiger partial charge in [0.1, 0.15) is 10.6 Å². The van der Waals surface area contributed by atoms with Gasteiger partial charge in [-0.3, -0.25) is 9.89 Å². The van der Waals surface area contributed by atoms with E-state index in [0.717, 1.165) is 10.00 Å². The second-order valence-electron chi connectivity index (χ2n) is 7.79. The summed E-state index contributed by atoms with van der Waals surface area (Å²) in [5.41, 5.74) is 0.793. The molecule has 0 saturated carbocycles. The summed E-state index contributed by atoms with van der Waals surface area (Å²) < 4.78 is 66.6. The van der Waals surface area contributed by atoms with Crippen molar-refractivity contribution < 1.29 is 26.4 Å². The molecule has 1 aromatic carbocycles. The van der Waals surface area contributed by atoms with Gasteiger partial charge < -0.3 is 4.90 Å². The summed E-state index contributed by atoms with van der Waals surface area (Å²) in [4.78, 5) is 13.1. The van der Waals surface area contributed by atoms with Crippen molar-refractivity contribution in [1.82, 2.24) is 19.4 Å². The van der Waals surface area contributed by atoms with Gasteiger partial charge in [-0.1, -0.05) is 20.8 Å². The molecule has 0 unspecified atom stereocenters. The van der Waals surface area contributed by atoms with Crippen LogP contribution in [0.15, 0.2) is 23.1 Å². The molecule has 1 aliphatic rings. The van der Waals surface area contributed by atoms with Crippen molar-refractivity contribution in [2.75, 3.05) is 26.2 Å². The molecule has 29 heavy (non-hydrogen) atoms. The van der Waals surface area contributed by atoms with Crippen molar-refractivity contribution in [2.24, 2.45) is 0 Å². The first kappa shape index (κ1) is 21.3. The third-order valence-corrected chi connectivity index (χ3v) is 6.66. The molecule has 0 bridgehead atoms. The molecule has 3 rings (SSSR count). The molecule has 1 N–H and O–H groups in total. The Hall–Kier alpha value is -2.40. The van der Waals surface area contributed by atoms with Crippen LogP contribution in [0, 0.1) is 17.5 Å². The van der Waals surface area contributed by atoms with E-state index in [4.69, 9.17) is 0 Å². The number of nitrogens with one attached hydrogen (secondary N) is 1. The fourth-order valence-corrected chi connectivity index (χ4v) is 4.43. The lowest BCUT2D eigenvalue weighted by Gasteiger charge is -2.33. The standard InChI is InChI=1S/C18H21F3N4O3S/c1-18(2,3)14-10-12(22-23-14)17(26)24-6-8-25(9-7-24)29(27,28)13-5-4-11(19)15(20)16(13)21/h4-5,10H,6-9H2,1-3H3,(H,22,23). The van der Waals surface area contributed by atoms with Gasteiger partial charge in [-0.25, -0.2) is 21.6 Å². The van der Waals surface area contributed by atoms with Gasteiger partial charge in [-0.15, -0.1) is 0 Å². The number of nitrogens with zero attached hydrogens (tertiary/aromatic N) is 3. The number of rotatable bonds is 3. The van der Waals surface area contributed by atoms with Gasteiger partial charge in [-0.05, 0) is 18.2 Å². The number of aromatic amines is 1. The van der Waals surface area contributed by atoms with E-state index in [-0.39, 0.29) is 43.2 Å². The summed E-state index contributed by atoms with van der Waals surface area (Å²) in [5, 5.41) is 6.85. The van der Waals surface area contributed by atoms with Crippen molar-refractivity contribution in [2.45, 2.75) is 31.1 Å². The van der Waals surface area contributed by atoms with Gasteiger partial charge in [0.25, 0.3) is 5.91 Å². The van der Waals surface area contributed by atoms with Gasteiger partial charge in [0.05, 0.1) is 0 Å². The highest BCUT2D eigenvalue weighted by Crippen LogP contribution is 2.25. The Bertz CT molecular complexity index is 1040. The summed E-state index contributed by atoms with van der Waals surface area (Å²) in [6.45, 7) is 5.80. The van der Waals surface area contributed by atoms with Gasteiger partial charge in [0.2, 0.25) is 10.0 Å². The lowest BCUT2D eigenvalue weighted by Crippen LogP contribution is -2.50. The van der Waals surface area contributed by atoms with Crippen LogP contribution in [-0.2, 0) is 15.4 Å². The van der Waals surface area contributed by atoms with E-state index < -0.39 is 32.4 Å². The second-order valence-corrected chi connectivity index (χ2v) is 9.69. The summed E-state index contributed by atoms with van der Waals surface area (Å²) in [6.07, 6.45) is 0. The molecule has 0 atom stereocenters. The first-order valence-corrected chi connectivity index (χ1v) is 10.4. The summed E-state index contributed by atoms with van der Waals surface area (Å²) in [5.74, 6) is -5.42. The molecule has 1 amide bonds. The van der Waals surface area contributed by atoms with Crippen LogP contribution in [0.2, 0.25) is 0 Å². The van der Waals surface area contributed by atoms with Crippen molar-refractivity contribution in [3.05, 3.63) is 47.0 Å². The van der Waals surface area contributed by atoms with Crippen LogP contribution in [0.4, 0.5) is 13.2 Å². The quantitative estimate of drug-likeness (QED) is 0.757. The Balaban J connectivity index is 1.72. The molecule has 1 aliphatic heterocycles. The fourth-order valence-electron chi connectivity index (χ4n) is 2.96. The van der Waals surface area contributed by atoms with Gasteiger partial charge in [0.15, 0.2) is 17.5 Å². The number of H-pyrrole nitrogens is 1. The minimum Gasteiger partial charge on any atom is -0.335 e. The fraction of sp³-hybridized carbons (Fsp3) is 0.444. The largest absolute Gasteiger partial charge is 0.335 e. The highest BCUT2D eigenvalue weighted by atomic mass is 32.2. The number of sulfonamides is 1. The number of benzene rings is 1.